The van der Waals surface area contributed by atoms with Crippen molar-refractivity contribution in [2.24, 2.45) is 5.92 Å². The van der Waals surface area contributed by atoms with Crippen molar-refractivity contribution in [3.8, 4) is 0 Å². The van der Waals surface area contributed by atoms with Gasteiger partial charge in [-0.25, -0.2) is 0 Å². The van der Waals surface area contributed by atoms with Crippen molar-refractivity contribution in [3.05, 3.63) is 48.0 Å². The van der Waals surface area contributed by atoms with Crippen molar-refractivity contribution in [1.82, 2.24) is 4.90 Å². The second kappa shape index (κ2) is 6.83. The van der Waals surface area contributed by atoms with E-state index in [2.05, 4.69) is 0 Å². The van der Waals surface area contributed by atoms with Crippen molar-refractivity contribution in [1.29, 1.82) is 0 Å². The van der Waals surface area contributed by atoms with E-state index < -0.39 is 11.9 Å². The van der Waals surface area contributed by atoms with Crippen LogP contribution in [0, 0.1) is 5.92 Å². The summed E-state index contributed by atoms with van der Waals surface area (Å²) in [7, 11) is 1.28. The number of likely N-dealkylation sites (tertiary alicyclic amines) is 1. The Bertz CT molecular complexity index is 794. The summed E-state index contributed by atoms with van der Waals surface area (Å²) in [5.41, 5.74) is 0.622. The fraction of sp³-hybridized carbons (Fsp3) is 0.316. The Morgan fingerprint density at radius 2 is 1.83 bits per heavy atom. The molecule has 5 nitrogen and oxygen atoms in total. The molecular weight excluding hydrogens is 306 g/mol. The molecule has 0 aromatic heterocycles. The first-order valence-electron chi connectivity index (χ1n) is 7.99. The molecule has 3 rings (SSSR count). The smallest absolute Gasteiger partial charge is 0.316 e. The number of rotatable bonds is 2. The van der Waals surface area contributed by atoms with Crippen LogP contribution in [0.5, 0.6) is 0 Å². The summed E-state index contributed by atoms with van der Waals surface area (Å²) in [5.74, 6) is -1.54. The van der Waals surface area contributed by atoms with Gasteiger partial charge in [-0.1, -0.05) is 36.4 Å². The maximum atomic E-state index is 12.9. The lowest BCUT2D eigenvalue weighted by molar-refractivity contribution is -0.149. The van der Waals surface area contributed by atoms with Gasteiger partial charge < -0.3 is 9.64 Å². The number of esters is 1. The van der Waals surface area contributed by atoms with Crippen molar-refractivity contribution < 1.29 is 19.1 Å². The Morgan fingerprint density at radius 3 is 2.62 bits per heavy atom. The van der Waals surface area contributed by atoms with E-state index in [-0.39, 0.29) is 18.1 Å². The molecule has 0 spiro atoms. The van der Waals surface area contributed by atoms with Crippen LogP contribution in [0.2, 0.25) is 0 Å². The van der Waals surface area contributed by atoms with Gasteiger partial charge in [-0.05, 0) is 23.3 Å². The molecule has 0 bridgehead atoms. The molecule has 2 aromatic rings. The number of carbonyl (C=O) groups excluding carboxylic acids is 3. The topological polar surface area (TPSA) is 63.7 Å². The van der Waals surface area contributed by atoms with Crippen LogP contribution in [0.1, 0.15) is 23.2 Å². The standard InChI is InChI=1S/C19H19NO4/c1-24-19(23)16-9-11-20(12-10-17(16)21)18(22)15-8-4-6-13-5-2-3-7-14(13)15/h2-8,16H,9-12H2,1H3. The molecular formula is C19H19NO4. The molecule has 1 atom stereocenters. The lowest BCUT2D eigenvalue weighted by Crippen LogP contribution is -2.32. The molecule has 1 amide bonds. The normalized spacial score (nSPS) is 18.3. The van der Waals surface area contributed by atoms with E-state index >= 15 is 0 Å². The van der Waals surface area contributed by atoms with Gasteiger partial charge in [-0.2, -0.15) is 0 Å². The highest BCUT2D eigenvalue weighted by Crippen LogP contribution is 2.22. The van der Waals surface area contributed by atoms with Gasteiger partial charge in [0.25, 0.3) is 5.91 Å². The molecule has 0 radical (unpaired) electrons. The van der Waals surface area contributed by atoms with E-state index in [1.54, 1.807) is 11.0 Å². The third-order valence-electron chi connectivity index (χ3n) is 4.50. The highest BCUT2D eigenvalue weighted by atomic mass is 16.5. The van der Waals surface area contributed by atoms with Crippen molar-refractivity contribution in [3.63, 3.8) is 0 Å². The first kappa shape index (κ1) is 16.2. The van der Waals surface area contributed by atoms with Gasteiger partial charge in [0.05, 0.1) is 7.11 Å². The lowest BCUT2D eigenvalue weighted by Gasteiger charge is -2.21. The molecule has 1 heterocycles. The maximum absolute atomic E-state index is 12.9. The molecule has 5 heteroatoms. The first-order chi connectivity index (χ1) is 11.6. The first-order valence-corrected chi connectivity index (χ1v) is 7.99. The van der Waals surface area contributed by atoms with Gasteiger partial charge in [0.1, 0.15) is 11.7 Å². The summed E-state index contributed by atoms with van der Waals surface area (Å²) >= 11 is 0. The number of hydrogen-bond donors (Lipinski definition) is 0. The molecule has 124 valence electrons. The fourth-order valence-electron chi connectivity index (χ4n) is 3.15. The third-order valence-corrected chi connectivity index (χ3v) is 4.50. The van der Waals surface area contributed by atoms with Gasteiger partial charge in [-0.3, -0.25) is 14.4 Å². The van der Waals surface area contributed by atoms with Crippen LogP contribution < -0.4 is 0 Å². The molecule has 1 fully saturated rings. The minimum Gasteiger partial charge on any atom is -0.468 e. The summed E-state index contributed by atoms with van der Waals surface area (Å²) in [6.07, 6.45) is 0.484. The average molecular weight is 325 g/mol. The number of hydrogen-bond acceptors (Lipinski definition) is 4. The van der Waals surface area contributed by atoms with Crippen LogP contribution in [0.3, 0.4) is 0 Å². The number of ketones is 1. The number of nitrogens with zero attached hydrogens (tertiary/aromatic N) is 1. The van der Waals surface area contributed by atoms with Crippen LogP contribution in [0.25, 0.3) is 10.8 Å². The number of amides is 1. The highest BCUT2D eigenvalue weighted by Gasteiger charge is 2.32. The van der Waals surface area contributed by atoms with Gasteiger partial charge in [0.15, 0.2) is 0 Å². The minimum absolute atomic E-state index is 0.106. The molecule has 0 saturated carbocycles. The predicted molar refractivity (Wildman–Crippen MR) is 89.6 cm³/mol. The number of fused-ring (bicyclic) bond motifs is 1. The van der Waals surface area contributed by atoms with Gasteiger partial charge in [0, 0.05) is 25.1 Å². The van der Waals surface area contributed by atoms with Crippen LogP contribution in [0.15, 0.2) is 42.5 Å². The zero-order valence-corrected chi connectivity index (χ0v) is 13.5. The van der Waals surface area contributed by atoms with Crippen molar-refractivity contribution in [2.75, 3.05) is 20.2 Å². The number of Topliss-reactive ketones (excluding diaryl/α,β-unsaturated/α-hetero) is 1. The van der Waals surface area contributed by atoms with Crippen LogP contribution >= 0.6 is 0 Å². The molecule has 24 heavy (non-hydrogen) atoms. The van der Waals surface area contributed by atoms with Gasteiger partial charge >= 0.3 is 5.97 Å². The van der Waals surface area contributed by atoms with E-state index in [0.29, 0.717) is 25.1 Å². The van der Waals surface area contributed by atoms with E-state index in [4.69, 9.17) is 4.74 Å². The molecule has 1 aliphatic rings. The quantitative estimate of drug-likeness (QED) is 0.628. The van der Waals surface area contributed by atoms with Crippen molar-refractivity contribution >= 4 is 28.4 Å². The summed E-state index contributed by atoms with van der Waals surface area (Å²) in [6.45, 7) is 0.696. The average Bonchev–Trinajstić information content (AvgIpc) is 2.82. The summed E-state index contributed by atoms with van der Waals surface area (Å²) in [4.78, 5) is 38.4. The van der Waals surface area contributed by atoms with E-state index in [1.807, 2.05) is 36.4 Å². The zero-order valence-electron chi connectivity index (χ0n) is 13.5. The molecule has 1 unspecified atom stereocenters. The number of ether oxygens (including phenoxy) is 1. The Labute approximate surface area is 140 Å². The number of benzene rings is 2. The zero-order chi connectivity index (χ0) is 17.1. The van der Waals surface area contributed by atoms with E-state index in [1.165, 1.54) is 7.11 Å². The van der Waals surface area contributed by atoms with E-state index in [0.717, 1.165) is 10.8 Å². The minimum atomic E-state index is -0.764. The summed E-state index contributed by atoms with van der Waals surface area (Å²) < 4.78 is 4.69. The van der Waals surface area contributed by atoms with E-state index in [9.17, 15) is 14.4 Å². The summed E-state index contributed by atoms with van der Waals surface area (Å²) in [6, 6.07) is 13.3. The second-order valence-corrected chi connectivity index (χ2v) is 5.90. The Kier molecular flexibility index (Phi) is 4.60. The second-order valence-electron chi connectivity index (χ2n) is 5.90. The Morgan fingerprint density at radius 1 is 1.08 bits per heavy atom. The van der Waals surface area contributed by atoms with Gasteiger partial charge in [-0.15, -0.1) is 0 Å². The fourth-order valence-corrected chi connectivity index (χ4v) is 3.15. The van der Waals surface area contributed by atoms with Crippen LogP contribution in [-0.4, -0.2) is 42.8 Å². The van der Waals surface area contributed by atoms with Crippen LogP contribution in [-0.2, 0) is 14.3 Å². The summed E-state index contributed by atoms with van der Waals surface area (Å²) in [5, 5.41) is 1.90. The predicted octanol–water partition coefficient (Wildman–Crippen LogP) is 2.43. The highest BCUT2D eigenvalue weighted by molar-refractivity contribution is 6.07. The molecule has 0 N–H and O–H groups in total. The maximum Gasteiger partial charge on any atom is 0.316 e. The van der Waals surface area contributed by atoms with Crippen LogP contribution in [0.4, 0.5) is 0 Å². The molecule has 1 saturated heterocycles. The Hall–Kier alpha value is -2.69. The molecule has 1 aliphatic heterocycles. The Balaban J connectivity index is 1.85. The molecule has 2 aromatic carbocycles. The van der Waals surface area contributed by atoms with Gasteiger partial charge in [0.2, 0.25) is 0 Å². The SMILES string of the molecule is COC(=O)C1CCN(C(=O)c2cccc3ccccc23)CCC1=O. The largest absolute Gasteiger partial charge is 0.468 e. The molecule has 0 aliphatic carbocycles. The monoisotopic (exact) mass is 325 g/mol. The lowest BCUT2D eigenvalue weighted by atomic mass is 10.00. The van der Waals surface area contributed by atoms with Crippen molar-refractivity contribution in [2.45, 2.75) is 12.8 Å². The third kappa shape index (κ3) is 3.02. The number of carbonyl (C=O) groups is 3. The number of methoxy groups -OCH3 is 1.